The van der Waals surface area contributed by atoms with Gasteiger partial charge in [0.25, 0.3) is 0 Å². The van der Waals surface area contributed by atoms with E-state index >= 15 is 0 Å². The molecule has 0 N–H and O–H groups in total. The average Bonchev–Trinajstić information content (AvgIpc) is 2.54. The summed E-state index contributed by atoms with van der Waals surface area (Å²) >= 11 is 0. The number of hydrogen-bond donors (Lipinski definition) is 0. The van der Waals surface area contributed by atoms with E-state index in [0.717, 1.165) is 25.7 Å². The zero-order valence-corrected chi connectivity index (χ0v) is 17.4. The highest BCUT2D eigenvalue weighted by molar-refractivity contribution is 5.67. The Bertz CT molecular complexity index is 573. The fraction of sp³-hybridized carbons (Fsp3) is 0.857. The summed E-state index contributed by atoms with van der Waals surface area (Å²) in [6, 6.07) is 0. The summed E-state index contributed by atoms with van der Waals surface area (Å²) in [6.07, 6.45) is 3.33. The molecule has 0 bridgehead atoms. The highest BCUT2D eigenvalue weighted by Crippen LogP contribution is 2.56. The van der Waals surface area contributed by atoms with E-state index in [1.165, 1.54) is 20.8 Å². The van der Waals surface area contributed by atoms with E-state index in [-0.39, 0.29) is 59.2 Å². The first-order chi connectivity index (χ1) is 12.5. The Morgan fingerprint density at radius 3 is 2.15 bits per heavy atom. The molecule has 2 saturated carbocycles. The Balaban J connectivity index is 2.28. The molecular weight excluding hydrogens is 348 g/mol. The van der Waals surface area contributed by atoms with E-state index in [1.807, 2.05) is 6.92 Å². The van der Waals surface area contributed by atoms with E-state index in [2.05, 4.69) is 13.8 Å². The van der Waals surface area contributed by atoms with Crippen LogP contribution in [0.3, 0.4) is 0 Å². The van der Waals surface area contributed by atoms with Crippen LogP contribution in [0.15, 0.2) is 0 Å². The van der Waals surface area contributed by atoms with Crippen molar-refractivity contribution in [3.63, 3.8) is 0 Å². The van der Waals surface area contributed by atoms with Crippen molar-refractivity contribution in [2.24, 2.45) is 29.1 Å². The fourth-order valence-electron chi connectivity index (χ4n) is 5.39. The first kappa shape index (κ1) is 21.7. The number of carbonyl (C=O) groups is 3. The molecular formula is C21H34O6. The second kappa shape index (κ2) is 8.61. The van der Waals surface area contributed by atoms with Crippen molar-refractivity contribution in [2.75, 3.05) is 6.61 Å². The summed E-state index contributed by atoms with van der Waals surface area (Å²) in [7, 11) is 0. The smallest absolute Gasteiger partial charge is 0.302 e. The second-order valence-corrected chi connectivity index (χ2v) is 8.78. The second-order valence-electron chi connectivity index (χ2n) is 8.78. The first-order valence-corrected chi connectivity index (χ1v) is 10.0. The van der Waals surface area contributed by atoms with Crippen LogP contribution in [-0.4, -0.2) is 36.7 Å². The molecule has 27 heavy (non-hydrogen) atoms. The number of fused-ring (bicyclic) bond motifs is 1. The quantitative estimate of drug-likeness (QED) is 0.535. The van der Waals surface area contributed by atoms with Gasteiger partial charge in [0, 0.05) is 32.6 Å². The molecule has 0 amide bonds. The molecule has 2 rings (SSSR count). The largest absolute Gasteiger partial charge is 0.466 e. The minimum atomic E-state index is -0.299. The average molecular weight is 382 g/mol. The molecule has 0 radical (unpaired) electrons. The molecule has 0 aliphatic heterocycles. The van der Waals surface area contributed by atoms with Gasteiger partial charge in [-0.1, -0.05) is 20.8 Å². The van der Waals surface area contributed by atoms with Crippen molar-refractivity contribution in [1.29, 1.82) is 0 Å². The van der Waals surface area contributed by atoms with Crippen LogP contribution in [0, 0.1) is 29.1 Å². The van der Waals surface area contributed by atoms with Gasteiger partial charge >= 0.3 is 17.9 Å². The Morgan fingerprint density at radius 1 is 1.00 bits per heavy atom. The summed E-state index contributed by atoms with van der Waals surface area (Å²) in [5.41, 5.74) is 0.0494. The normalized spacial score (nSPS) is 36.9. The van der Waals surface area contributed by atoms with Crippen LogP contribution in [0.25, 0.3) is 0 Å². The van der Waals surface area contributed by atoms with Crippen LogP contribution >= 0.6 is 0 Å². The zero-order chi connectivity index (χ0) is 20.4. The number of carbonyl (C=O) groups excluding carboxylic acids is 3. The Kier molecular flexibility index (Phi) is 6.92. The fourth-order valence-corrected chi connectivity index (χ4v) is 5.39. The summed E-state index contributed by atoms with van der Waals surface area (Å²) in [5.74, 6) is -0.453. The third kappa shape index (κ3) is 5.02. The first-order valence-electron chi connectivity index (χ1n) is 10.0. The Hall–Kier alpha value is -1.59. The third-order valence-electron chi connectivity index (χ3n) is 6.68. The monoisotopic (exact) mass is 382 g/mol. The van der Waals surface area contributed by atoms with Gasteiger partial charge in [0.05, 0.1) is 6.61 Å². The lowest BCUT2D eigenvalue weighted by Gasteiger charge is -2.56. The van der Waals surface area contributed by atoms with Gasteiger partial charge in [-0.3, -0.25) is 14.4 Å². The van der Waals surface area contributed by atoms with Crippen LogP contribution in [0.5, 0.6) is 0 Å². The summed E-state index contributed by atoms with van der Waals surface area (Å²) in [5, 5.41) is 0. The molecule has 154 valence electrons. The molecule has 2 aliphatic rings. The minimum Gasteiger partial charge on any atom is -0.466 e. The molecule has 0 heterocycles. The van der Waals surface area contributed by atoms with Gasteiger partial charge in [-0.2, -0.15) is 0 Å². The van der Waals surface area contributed by atoms with E-state index in [1.54, 1.807) is 0 Å². The molecule has 0 spiro atoms. The maximum Gasteiger partial charge on any atom is 0.302 e. The summed E-state index contributed by atoms with van der Waals surface area (Å²) in [6.45, 7) is 11.0. The van der Waals surface area contributed by atoms with Gasteiger partial charge in [0.2, 0.25) is 0 Å². The molecule has 7 atom stereocenters. The van der Waals surface area contributed by atoms with Gasteiger partial charge in [0.1, 0.15) is 12.2 Å². The Morgan fingerprint density at radius 2 is 1.59 bits per heavy atom. The molecule has 0 aromatic carbocycles. The van der Waals surface area contributed by atoms with Crippen molar-refractivity contribution in [2.45, 2.75) is 79.4 Å². The molecule has 0 unspecified atom stereocenters. The van der Waals surface area contributed by atoms with Crippen LogP contribution in [0.2, 0.25) is 0 Å². The van der Waals surface area contributed by atoms with Crippen molar-refractivity contribution < 1.29 is 28.6 Å². The molecule has 0 aromatic heterocycles. The van der Waals surface area contributed by atoms with Gasteiger partial charge in [-0.15, -0.1) is 0 Å². The lowest BCUT2D eigenvalue weighted by atomic mass is 9.52. The summed E-state index contributed by atoms with van der Waals surface area (Å²) in [4.78, 5) is 34.6. The maximum absolute atomic E-state index is 11.9. The van der Waals surface area contributed by atoms with Crippen molar-refractivity contribution in [3.05, 3.63) is 0 Å². The predicted octanol–water partition coefficient (Wildman–Crippen LogP) is 3.51. The van der Waals surface area contributed by atoms with E-state index in [0.29, 0.717) is 6.61 Å². The van der Waals surface area contributed by atoms with E-state index in [9.17, 15) is 14.4 Å². The standard InChI is InChI=1S/C21H34O6/c1-12(11-25-14(3)22)17-7-9-21(6)10-8-18(26-15(4)23)13(2)19(21)20(17)27-16(5)24/h12-13,17-20H,7-11H2,1-6H3/t12-,13+,17+,18+,19-,20+,21+/m1/s1. The highest BCUT2D eigenvalue weighted by atomic mass is 16.6. The number of esters is 3. The number of ether oxygens (including phenoxy) is 3. The SMILES string of the molecule is CC(=O)OC[C@@H](C)[C@@H]1CC[C@@]2(C)CC[C@H](OC(C)=O)[C@H](C)[C@@H]2[C@H]1OC(C)=O. The van der Waals surface area contributed by atoms with Crippen LogP contribution in [0.4, 0.5) is 0 Å². The lowest BCUT2D eigenvalue weighted by molar-refractivity contribution is -0.192. The predicted molar refractivity (Wildman–Crippen MR) is 99.6 cm³/mol. The van der Waals surface area contributed by atoms with Gasteiger partial charge in [0.15, 0.2) is 0 Å². The van der Waals surface area contributed by atoms with Crippen LogP contribution < -0.4 is 0 Å². The van der Waals surface area contributed by atoms with Crippen molar-refractivity contribution >= 4 is 17.9 Å². The lowest BCUT2D eigenvalue weighted by Crippen LogP contribution is -2.56. The zero-order valence-electron chi connectivity index (χ0n) is 17.4. The van der Waals surface area contributed by atoms with E-state index in [4.69, 9.17) is 14.2 Å². The van der Waals surface area contributed by atoms with Crippen LogP contribution in [-0.2, 0) is 28.6 Å². The number of hydrogen-bond acceptors (Lipinski definition) is 6. The topological polar surface area (TPSA) is 78.9 Å². The van der Waals surface area contributed by atoms with Crippen molar-refractivity contribution in [3.8, 4) is 0 Å². The number of rotatable bonds is 5. The van der Waals surface area contributed by atoms with Gasteiger partial charge in [-0.25, -0.2) is 0 Å². The molecule has 0 saturated heterocycles. The van der Waals surface area contributed by atoms with E-state index < -0.39 is 0 Å². The minimum absolute atomic E-state index is 0.0494. The van der Waals surface area contributed by atoms with Gasteiger partial charge in [-0.05, 0) is 42.9 Å². The molecule has 0 aromatic rings. The molecule has 2 aliphatic carbocycles. The van der Waals surface area contributed by atoms with Crippen molar-refractivity contribution in [1.82, 2.24) is 0 Å². The molecule has 2 fully saturated rings. The maximum atomic E-state index is 11.9. The molecule has 6 heteroatoms. The summed E-state index contributed by atoms with van der Waals surface area (Å²) < 4.78 is 16.7. The van der Waals surface area contributed by atoms with Crippen LogP contribution in [0.1, 0.15) is 67.2 Å². The Labute approximate surface area is 162 Å². The van der Waals surface area contributed by atoms with Gasteiger partial charge < -0.3 is 14.2 Å². The third-order valence-corrected chi connectivity index (χ3v) is 6.68. The highest BCUT2D eigenvalue weighted by Gasteiger charge is 2.55. The molecule has 6 nitrogen and oxygen atoms in total.